The molecule has 7 rings (SSSR count). The molecular formula is C29H34ClN11O3. The molecule has 2 aliphatic rings. The summed E-state index contributed by atoms with van der Waals surface area (Å²) in [5.41, 5.74) is 10.3. The van der Waals surface area contributed by atoms with E-state index in [2.05, 4.69) is 39.9 Å². The van der Waals surface area contributed by atoms with Crippen molar-refractivity contribution >= 4 is 40.4 Å². The van der Waals surface area contributed by atoms with Crippen LogP contribution in [0.5, 0.6) is 0 Å². The average Bonchev–Trinajstić information content (AvgIpc) is 3.67. The van der Waals surface area contributed by atoms with Crippen LogP contribution in [0, 0.1) is 0 Å². The minimum absolute atomic E-state index is 0. The van der Waals surface area contributed by atoms with Crippen LogP contribution in [0.3, 0.4) is 0 Å². The molecule has 14 nitrogen and oxygen atoms in total. The molecule has 0 bridgehead atoms. The average molecular weight is 620 g/mol. The van der Waals surface area contributed by atoms with Crippen LogP contribution in [0.15, 0.2) is 43.2 Å². The van der Waals surface area contributed by atoms with Crippen LogP contribution in [0.2, 0.25) is 0 Å². The molecule has 44 heavy (non-hydrogen) atoms. The van der Waals surface area contributed by atoms with Gasteiger partial charge in [0.15, 0.2) is 11.3 Å². The van der Waals surface area contributed by atoms with E-state index in [1.807, 2.05) is 21.5 Å². The molecule has 0 saturated carbocycles. The van der Waals surface area contributed by atoms with Crippen molar-refractivity contribution in [2.24, 2.45) is 5.73 Å². The molecule has 0 radical (unpaired) electrons. The lowest BCUT2D eigenvalue weighted by atomic mass is 9.97. The van der Waals surface area contributed by atoms with E-state index in [0.29, 0.717) is 41.3 Å². The highest BCUT2D eigenvalue weighted by Gasteiger charge is 2.21. The van der Waals surface area contributed by atoms with Crippen LogP contribution in [0.1, 0.15) is 10.4 Å². The Hall–Kier alpha value is -4.08. The monoisotopic (exact) mass is 619 g/mol. The summed E-state index contributed by atoms with van der Waals surface area (Å²) >= 11 is 0. The lowest BCUT2D eigenvalue weighted by Crippen LogP contribution is -2.38. The third-order valence-electron chi connectivity index (χ3n) is 8.14. The van der Waals surface area contributed by atoms with E-state index in [4.69, 9.17) is 15.2 Å². The second-order valence-corrected chi connectivity index (χ2v) is 10.7. The third kappa shape index (κ3) is 5.99. The predicted molar refractivity (Wildman–Crippen MR) is 165 cm³/mol. The molecule has 4 aromatic heterocycles. The van der Waals surface area contributed by atoms with Crippen molar-refractivity contribution in [1.29, 1.82) is 0 Å². The fourth-order valence-corrected chi connectivity index (χ4v) is 5.78. The minimum atomic E-state index is -0.545. The van der Waals surface area contributed by atoms with E-state index in [1.54, 1.807) is 24.8 Å². The molecular weight excluding hydrogens is 586 g/mol. The number of nitrogens with two attached hydrogens (primary N) is 1. The van der Waals surface area contributed by atoms with Gasteiger partial charge in [-0.15, -0.1) is 12.4 Å². The second-order valence-electron chi connectivity index (χ2n) is 10.7. The van der Waals surface area contributed by atoms with Gasteiger partial charge in [0.05, 0.1) is 74.1 Å². The van der Waals surface area contributed by atoms with Gasteiger partial charge in [0, 0.05) is 56.0 Å². The summed E-state index contributed by atoms with van der Waals surface area (Å²) in [6.07, 6.45) is 6.60. The highest BCUT2D eigenvalue weighted by Crippen LogP contribution is 2.33. The van der Waals surface area contributed by atoms with Gasteiger partial charge in [-0.2, -0.15) is 10.2 Å². The number of aromatic nitrogens is 8. The minimum Gasteiger partial charge on any atom is -0.379 e. The Morgan fingerprint density at radius 1 is 0.727 bits per heavy atom. The lowest BCUT2D eigenvalue weighted by Gasteiger charge is -2.26. The first-order chi connectivity index (χ1) is 21.2. The summed E-state index contributed by atoms with van der Waals surface area (Å²) in [6, 6.07) is 5.47. The van der Waals surface area contributed by atoms with Crippen molar-refractivity contribution in [2.45, 2.75) is 13.1 Å². The Balaban J connectivity index is 0.00000343. The van der Waals surface area contributed by atoms with E-state index in [0.717, 1.165) is 87.7 Å². The molecule has 5 aromatic rings. The van der Waals surface area contributed by atoms with E-state index >= 15 is 0 Å². The van der Waals surface area contributed by atoms with Crippen LogP contribution in [0.25, 0.3) is 44.6 Å². The fraction of sp³-hybridized carbons (Fsp3) is 0.414. The normalized spacial score (nSPS) is 16.4. The van der Waals surface area contributed by atoms with Gasteiger partial charge in [-0.05, 0) is 12.1 Å². The van der Waals surface area contributed by atoms with Crippen molar-refractivity contribution in [3.8, 4) is 22.5 Å². The molecule has 2 aliphatic heterocycles. The molecule has 6 heterocycles. The van der Waals surface area contributed by atoms with Crippen molar-refractivity contribution in [2.75, 3.05) is 65.7 Å². The van der Waals surface area contributed by atoms with Gasteiger partial charge in [0.1, 0.15) is 12.7 Å². The summed E-state index contributed by atoms with van der Waals surface area (Å²) < 4.78 is 14.7. The molecule has 0 unspecified atom stereocenters. The van der Waals surface area contributed by atoms with Crippen LogP contribution in [-0.2, 0) is 22.6 Å². The molecule has 2 N–H and O–H groups in total. The maximum atomic E-state index is 12.6. The number of ether oxygens (including phenoxy) is 2. The number of carbonyl (C=O) groups excluding carboxylic acids is 1. The van der Waals surface area contributed by atoms with Crippen LogP contribution in [-0.4, -0.2) is 121 Å². The highest BCUT2D eigenvalue weighted by atomic mass is 35.5. The van der Waals surface area contributed by atoms with E-state index in [9.17, 15) is 4.79 Å². The molecule has 2 saturated heterocycles. The number of benzene rings is 1. The number of primary amides is 1. The first kappa shape index (κ1) is 30.0. The number of halogens is 1. The number of nitrogens with zero attached hydrogens (tertiary/aromatic N) is 10. The van der Waals surface area contributed by atoms with Gasteiger partial charge in [0.25, 0.3) is 0 Å². The van der Waals surface area contributed by atoms with E-state index < -0.39 is 5.91 Å². The molecule has 230 valence electrons. The fourth-order valence-electron chi connectivity index (χ4n) is 5.78. The van der Waals surface area contributed by atoms with Gasteiger partial charge < -0.3 is 15.2 Å². The van der Waals surface area contributed by atoms with Crippen molar-refractivity contribution in [3.05, 3.63) is 48.8 Å². The molecule has 15 heteroatoms. The van der Waals surface area contributed by atoms with Gasteiger partial charge in [-0.1, -0.05) is 6.07 Å². The summed E-state index contributed by atoms with van der Waals surface area (Å²) in [6.45, 7) is 9.71. The number of carbonyl (C=O) groups is 1. The third-order valence-corrected chi connectivity index (χ3v) is 8.14. The maximum Gasteiger partial charge on any atom is 0.249 e. The Labute approximate surface area is 259 Å². The van der Waals surface area contributed by atoms with Gasteiger partial charge >= 0.3 is 0 Å². The van der Waals surface area contributed by atoms with Crippen molar-refractivity contribution < 1.29 is 14.3 Å². The van der Waals surface area contributed by atoms with E-state index in [-0.39, 0.29) is 12.4 Å². The standard InChI is InChI=1S/C29H33N11O3.ClH/c30-27(41)21-2-1-20(25-23-16-35-39(28(23)33-18-31-25)5-3-37-7-11-42-12-8-37)15-22(21)26-24-17-36-40(29(24)34-19-32-26)6-4-38-9-13-43-14-10-38;/h1-2,15-19H,3-14H2,(H2,30,41);1H. The summed E-state index contributed by atoms with van der Waals surface area (Å²) in [4.78, 5) is 35.6. The number of fused-ring (bicyclic) bond motifs is 2. The number of morpholine rings is 2. The molecule has 0 atom stereocenters. The van der Waals surface area contributed by atoms with Crippen LogP contribution >= 0.6 is 12.4 Å². The Kier molecular flexibility index (Phi) is 9.04. The van der Waals surface area contributed by atoms with Gasteiger partial charge in [-0.3, -0.25) is 14.6 Å². The van der Waals surface area contributed by atoms with Crippen molar-refractivity contribution in [1.82, 2.24) is 49.3 Å². The zero-order chi connectivity index (χ0) is 29.2. The summed E-state index contributed by atoms with van der Waals surface area (Å²) in [5, 5.41) is 10.8. The Morgan fingerprint density at radius 2 is 1.25 bits per heavy atom. The topological polar surface area (TPSA) is 155 Å². The molecule has 2 fully saturated rings. The number of rotatable bonds is 9. The maximum absolute atomic E-state index is 12.6. The molecule has 1 aromatic carbocycles. The first-order valence-electron chi connectivity index (χ1n) is 14.5. The van der Waals surface area contributed by atoms with E-state index in [1.165, 1.54) is 6.33 Å². The van der Waals surface area contributed by atoms with Gasteiger partial charge in [0.2, 0.25) is 5.91 Å². The Morgan fingerprint density at radius 3 is 1.80 bits per heavy atom. The Bertz CT molecular complexity index is 1760. The number of amides is 1. The van der Waals surface area contributed by atoms with Gasteiger partial charge in [-0.25, -0.2) is 29.3 Å². The second kappa shape index (κ2) is 13.3. The quantitative estimate of drug-likeness (QED) is 0.255. The number of hydrogen-bond acceptors (Lipinski definition) is 11. The number of hydrogen-bond donors (Lipinski definition) is 1. The first-order valence-corrected chi connectivity index (χ1v) is 14.5. The summed E-state index contributed by atoms with van der Waals surface area (Å²) in [5.74, 6) is -0.545. The lowest BCUT2D eigenvalue weighted by molar-refractivity contribution is 0.0360. The largest absolute Gasteiger partial charge is 0.379 e. The van der Waals surface area contributed by atoms with Crippen LogP contribution < -0.4 is 5.73 Å². The SMILES string of the molecule is Cl.NC(=O)c1ccc(-c2ncnc3c2cnn3CCN2CCOCC2)cc1-c1ncnc2c1cnn2CCN1CCOCC1. The molecule has 0 aliphatic carbocycles. The smallest absolute Gasteiger partial charge is 0.249 e. The predicted octanol–water partition coefficient (Wildman–Crippen LogP) is 1.49. The molecule has 0 spiro atoms. The van der Waals surface area contributed by atoms with Crippen molar-refractivity contribution in [3.63, 3.8) is 0 Å². The highest BCUT2D eigenvalue weighted by molar-refractivity contribution is 6.04. The zero-order valence-corrected chi connectivity index (χ0v) is 25.0. The van der Waals surface area contributed by atoms with Crippen LogP contribution in [0.4, 0.5) is 0 Å². The summed E-state index contributed by atoms with van der Waals surface area (Å²) in [7, 11) is 0. The molecule has 1 amide bonds. The zero-order valence-electron chi connectivity index (χ0n) is 24.2.